The maximum absolute atomic E-state index is 16.3. The van der Waals surface area contributed by atoms with Crippen LogP contribution in [-0.2, 0) is 24.1 Å². The molecule has 3 aromatic rings. The van der Waals surface area contributed by atoms with Crippen LogP contribution in [0.25, 0.3) is 0 Å². The molecule has 10 heteroatoms. The van der Waals surface area contributed by atoms with Crippen molar-refractivity contribution in [3.8, 4) is 17.6 Å². The Balaban J connectivity index is 1.77. The molecule has 1 unspecified atom stereocenters. The smallest absolute Gasteiger partial charge is 0.259 e. The topological polar surface area (TPSA) is 82.4 Å². The Labute approximate surface area is 280 Å². The first kappa shape index (κ1) is 36.7. The van der Waals surface area contributed by atoms with Gasteiger partial charge in [-0.2, -0.15) is 5.26 Å². The van der Waals surface area contributed by atoms with E-state index in [4.69, 9.17) is 28.0 Å². The van der Waals surface area contributed by atoms with Crippen molar-refractivity contribution in [3.05, 3.63) is 95.6 Å². The van der Waals surface area contributed by atoms with Gasteiger partial charge in [0.2, 0.25) is 0 Å². The highest BCUT2D eigenvalue weighted by atomic mass is 31.2. The maximum Gasteiger partial charge on any atom is 0.259 e. The second-order valence-corrected chi connectivity index (χ2v) is 13.6. The number of nitrogens with zero attached hydrogens (tertiary/aromatic N) is 2. The number of methoxy groups -OCH3 is 2. The molecule has 0 N–H and O–H groups in total. The highest BCUT2D eigenvalue weighted by molar-refractivity contribution is 7.44. The molecule has 0 spiro atoms. The molecular formula is C37H48FN2O6P. The maximum atomic E-state index is 16.3. The van der Waals surface area contributed by atoms with Crippen LogP contribution in [0.3, 0.4) is 0 Å². The van der Waals surface area contributed by atoms with Crippen LogP contribution in [-0.4, -0.2) is 69.2 Å². The summed E-state index contributed by atoms with van der Waals surface area (Å²) < 4.78 is 55.5. The van der Waals surface area contributed by atoms with Gasteiger partial charge in [-0.15, -0.1) is 0 Å². The minimum absolute atomic E-state index is 0.0233. The molecule has 0 saturated carbocycles. The fraction of sp³-hybridized carbons (Fsp3) is 0.486. The zero-order valence-corrected chi connectivity index (χ0v) is 29.4. The van der Waals surface area contributed by atoms with E-state index in [0.29, 0.717) is 11.5 Å². The Bertz CT molecular complexity index is 1350. The van der Waals surface area contributed by atoms with Crippen molar-refractivity contribution in [1.29, 1.82) is 5.26 Å². The van der Waals surface area contributed by atoms with Crippen LogP contribution in [0.4, 0.5) is 4.39 Å². The summed E-state index contributed by atoms with van der Waals surface area (Å²) in [5, 5.41) is 9.18. The predicted octanol–water partition coefficient (Wildman–Crippen LogP) is 8.05. The fourth-order valence-corrected chi connectivity index (χ4v) is 7.70. The lowest BCUT2D eigenvalue weighted by Crippen LogP contribution is -2.52. The Morgan fingerprint density at radius 2 is 1.43 bits per heavy atom. The van der Waals surface area contributed by atoms with E-state index in [1.807, 2.05) is 85.8 Å². The number of benzene rings is 3. The predicted molar refractivity (Wildman–Crippen MR) is 182 cm³/mol. The highest BCUT2D eigenvalue weighted by Gasteiger charge is 2.46. The summed E-state index contributed by atoms with van der Waals surface area (Å²) in [7, 11) is 1.55. The molecule has 254 valence electrons. The molecule has 47 heavy (non-hydrogen) atoms. The first-order valence-electron chi connectivity index (χ1n) is 16.1. The van der Waals surface area contributed by atoms with E-state index in [1.54, 1.807) is 14.2 Å². The van der Waals surface area contributed by atoms with Gasteiger partial charge in [0.1, 0.15) is 35.5 Å². The molecule has 1 heterocycles. The van der Waals surface area contributed by atoms with Crippen LogP contribution >= 0.6 is 8.53 Å². The van der Waals surface area contributed by atoms with Crippen molar-refractivity contribution in [3.63, 3.8) is 0 Å². The quantitative estimate of drug-likeness (QED) is 0.0863. The molecule has 4 rings (SSSR count). The van der Waals surface area contributed by atoms with Crippen molar-refractivity contribution in [2.75, 3.05) is 34.0 Å². The van der Waals surface area contributed by atoms with Gasteiger partial charge in [-0.1, -0.05) is 61.5 Å². The number of ether oxygens (including phenoxy) is 4. The van der Waals surface area contributed by atoms with Crippen molar-refractivity contribution in [2.45, 2.75) is 77.1 Å². The van der Waals surface area contributed by atoms with Gasteiger partial charge in [0, 0.05) is 18.0 Å². The lowest BCUT2D eigenvalue weighted by molar-refractivity contribution is -0.163. The van der Waals surface area contributed by atoms with Gasteiger partial charge in [0.15, 0.2) is 0 Å². The Morgan fingerprint density at radius 1 is 0.894 bits per heavy atom. The molecule has 0 aromatic heterocycles. The van der Waals surface area contributed by atoms with Crippen LogP contribution in [0, 0.1) is 17.2 Å². The minimum Gasteiger partial charge on any atom is -0.497 e. The molecular weight excluding hydrogens is 618 g/mol. The average molecular weight is 667 g/mol. The van der Waals surface area contributed by atoms with E-state index in [1.165, 1.54) is 0 Å². The van der Waals surface area contributed by atoms with Gasteiger partial charge in [-0.3, -0.25) is 0 Å². The second kappa shape index (κ2) is 17.3. The summed E-state index contributed by atoms with van der Waals surface area (Å²) in [5.41, 5.74) is 1.52. The van der Waals surface area contributed by atoms with Gasteiger partial charge in [-0.25, -0.2) is 9.06 Å². The van der Waals surface area contributed by atoms with Gasteiger partial charge in [0.05, 0.1) is 46.5 Å². The fourth-order valence-electron chi connectivity index (χ4n) is 5.94. The number of nitriles is 1. The highest BCUT2D eigenvalue weighted by Crippen LogP contribution is 2.50. The van der Waals surface area contributed by atoms with E-state index in [-0.39, 0.29) is 44.2 Å². The van der Waals surface area contributed by atoms with E-state index in [2.05, 4.69) is 38.4 Å². The van der Waals surface area contributed by atoms with E-state index in [9.17, 15) is 5.26 Å². The minimum atomic E-state index is -1.71. The molecule has 1 fully saturated rings. The first-order chi connectivity index (χ1) is 22.7. The molecule has 1 saturated heterocycles. The molecule has 0 amide bonds. The average Bonchev–Trinajstić information content (AvgIpc) is 3.08. The largest absolute Gasteiger partial charge is 0.497 e. The Morgan fingerprint density at radius 3 is 1.91 bits per heavy atom. The summed E-state index contributed by atoms with van der Waals surface area (Å²) in [6.45, 7) is 10.5. The van der Waals surface area contributed by atoms with Crippen molar-refractivity contribution in [2.24, 2.45) is 5.92 Å². The number of halogens is 1. The summed E-state index contributed by atoms with van der Waals surface area (Å²) in [5.74, 6) is 1.04. The van der Waals surface area contributed by atoms with Crippen molar-refractivity contribution >= 4 is 8.53 Å². The standard InChI is InChI=1S/C37H48FN2O6P/c1-26(2)40(27(3)4)47(45-23-11-22-39)46-36-34(43-24-28(5)35(36)38)25-44-37(29-12-9-8-10-13-29,30-14-18-32(41-6)19-15-30)31-16-20-33(42-7)21-17-31/h8-10,12-21,26-28,34-36H,11,23-25H2,1-7H3/t28-,34-,35+,36-,47?/m1/s1. The van der Waals surface area contributed by atoms with Crippen LogP contribution in [0.5, 0.6) is 11.5 Å². The van der Waals surface area contributed by atoms with Crippen molar-refractivity contribution < 1.29 is 32.4 Å². The normalized spacial score (nSPS) is 20.7. The number of alkyl halides is 1. The zero-order chi connectivity index (χ0) is 34.0. The lowest BCUT2D eigenvalue weighted by Gasteiger charge is -2.44. The SMILES string of the molecule is COc1ccc(C(OC[C@H]2OC[C@@H](C)[C@H](F)[C@@H]2OP(OCCC#N)N(C(C)C)C(C)C)(c2ccccc2)c2ccc(OC)cc2)cc1. The third kappa shape index (κ3) is 8.69. The summed E-state index contributed by atoms with van der Waals surface area (Å²) >= 11 is 0. The van der Waals surface area contributed by atoms with Crippen LogP contribution in [0.2, 0.25) is 0 Å². The van der Waals surface area contributed by atoms with Crippen LogP contribution in [0.1, 0.15) is 57.7 Å². The number of hydrogen-bond acceptors (Lipinski definition) is 8. The van der Waals surface area contributed by atoms with Gasteiger partial charge >= 0.3 is 0 Å². The second-order valence-electron chi connectivity index (χ2n) is 12.2. The number of rotatable bonds is 16. The molecule has 3 aromatic carbocycles. The Kier molecular flexibility index (Phi) is 13.6. The van der Waals surface area contributed by atoms with Crippen molar-refractivity contribution in [1.82, 2.24) is 4.67 Å². The molecule has 0 aliphatic carbocycles. The summed E-state index contributed by atoms with van der Waals surface area (Å²) in [6, 6.07) is 27.8. The molecule has 8 nitrogen and oxygen atoms in total. The van der Waals surface area contributed by atoms with Gasteiger partial charge in [-0.05, 0) is 68.7 Å². The van der Waals surface area contributed by atoms with Crippen LogP contribution < -0.4 is 9.47 Å². The zero-order valence-electron chi connectivity index (χ0n) is 28.5. The first-order valence-corrected chi connectivity index (χ1v) is 17.3. The van der Waals surface area contributed by atoms with E-state index >= 15 is 4.39 Å². The summed E-state index contributed by atoms with van der Waals surface area (Å²) in [6.07, 6.45) is -2.83. The third-order valence-corrected chi connectivity index (χ3v) is 10.4. The Hall–Kier alpha value is -3.09. The monoisotopic (exact) mass is 666 g/mol. The van der Waals surface area contributed by atoms with Gasteiger partial charge < -0.3 is 28.0 Å². The lowest BCUT2D eigenvalue weighted by atomic mass is 9.80. The number of hydrogen-bond donors (Lipinski definition) is 0. The third-order valence-electron chi connectivity index (χ3n) is 8.31. The molecule has 1 aliphatic heterocycles. The molecule has 0 bridgehead atoms. The molecule has 5 atom stereocenters. The van der Waals surface area contributed by atoms with E-state index < -0.39 is 32.5 Å². The summed E-state index contributed by atoms with van der Waals surface area (Å²) in [4.78, 5) is 0. The van der Waals surface area contributed by atoms with Gasteiger partial charge in [0.25, 0.3) is 8.53 Å². The van der Waals surface area contributed by atoms with Crippen LogP contribution in [0.15, 0.2) is 78.9 Å². The van der Waals surface area contributed by atoms with E-state index in [0.717, 1.165) is 16.7 Å². The molecule has 0 radical (unpaired) electrons. The molecule has 1 aliphatic rings.